The fourth-order valence-electron chi connectivity index (χ4n) is 2.80. The van der Waals surface area contributed by atoms with Crippen molar-refractivity contribution in [3.63, 3.8) is 0 Å². The van der Waals surface area contributed by atoms with E-state index in [9.17, 15) is 13.9 Å². The number of oxazole rings is 1. The lowest BCUT2D eigenvalue weighted by atomic mass is 10.1. The first-order valence-corrected chi connectivity index (χ1v) is 9.57. The molecule has 0 amide bonds. The van der Waals surface area contributed by atoms with Crippen LogP contribution in [0.5, 0.6) is 5.75 Å². The highest BCUT2D eigenvalue weighted by Gasteiger charge is 2.16. The third-order valence-corrected chi connectivity index (χ3v) is 5.03. The van der Waals surface area contributed by atoms with Gasteiger partial charge in [-0.15, -0.1) is 0 Å². The molecule has 0 aliphatic heterocycles. The first-order chi connectivity index (χ1) is 13.8. The molecule has 1 N–H and O–H groups in total. The Hall–Kier alpha value is -2.77. The van der Waals surface area contributed by atoms with E-state index in [1.54, 1.807) is 43.5 Å². The molecule has 8 heteroatoms. The lowest BCUT2D eigenvalue weighted by Crippen LogP contribution is -1.87. The van der Waals surface area contributed by atoms with Crippen LogP contribution >= 0.6 is 27.5 Å². The molecule has 29 heavy (non-hydrogen) atoms. The third kappa shape index (κ3) is 3.88. The summed E-state index contributed by atoms with van der Waals surface area (Å²) in [6.45, 7) is 1.80. The van der Waals surface area contributed by atoms with Gasteiger partial charge in [0, 0.05) is 16.3 Å². The lowest BCUT2D eigenvalue weighted by molar-refractivity contribution is 0.470. The standard InChI is InChI=1S/C21H12BrClF2N2O2/c1-10-4-12(22)5-11(20(10)28)9-26-13-2-3-19-18(6-13)27-21(29-19)14-7-16(24)17(25)8-15(14)23/h2-9,28H,1H3. The Morgan fingerprint density at radius 3 is 2.69 bits per heavy atom. The highest BCUT2D eigenvalue weighted by molar-refractivity contribution is 9.10. The Labute approximate surface area is 177 Å². The summed E-state index contributed by atoms with van der Waals surface area (Å²) in [5, 5.41) is 10.2. The quantitative estimate of drug-likeness (QED) is 0.256. The number of nitrogens with zero attached hydrogens (tertiary/aromatic N) is 2. The Morgan fingerprint density at radius 1 is 1.14 bits per heavy atom. The van der Waals surface area contributed by atoms with Gasteiger partial charge < -0.3 is 9.52 Å². The number of aromatic nitrogens is 1. The van der Waals surface area contributed by atoms with Gasteiger partial charge in [0.05, 0.1) is 16.3 Å². The molecule has 4 aromatic rings. The van der Waals surface area contributed by atoms with Gasteiger partial charge in [-0.25, -0.2) is 13.8 Å². The van der Waals surface area contributed by atoms with Crippen molar-refractivity contribution in [1.82, 2.24) is 4.98 Å². The summed E-state index contributed by atoms with van der Waals surface area (Å²) in [6.07, 6.45) is 1.54. The van der Waals surface area contributed by atoms with Crippen LogP contribution in [-0.4, -0.2) is 16.3 Å². The maximum absolute atomic E-state index is 13.6. The van der Waals surface area contributed by atoms with Gasteiger partial charge in [-0.1, -0.05) is 27.5 Å². The smallest absolute Gasteiger partial charge is 0.228 e. The molecule has 0 unspecified atom stereocenters. The van der Waals surface area contributed by atoms with Crippen molar-refractivity contribution in [3.8, 4) is 17.2 Å². The zero-order valence-electron chi connectivity index (χ0n) is 14.9. The fraction of sp³-hybridized carbons (Fsp3) is 0.0476. The number of phenols is 1. The molecule has 0 spiro atoms. The van der Waals surface area contributed by atoms with Gasteiger partial charge in [0.15, 0.2) is 17.2 Å². The number of hydrogen-bond donors (Lipinski definition) is 1. The van der Waals surface area contributed by atoms with E-state index in [2.05, 4.69) is 25.9 Å². The van der Waals surface area contributed by atoms with Crippen LogP contribution in [0.3, 0.4) is 0 Å². The second-order valence-corrected chi connectivity index (χ2v) is 7.66. The van der Waals surface area contributed by atoms with Gasteiger partial charge in [0.2, 0.25) is 5.89 Å². The summed E-state index contributed by atoms with van der Waals surface area (Å²) < 4.78 is 33.3. The number of aryl methyl sites for hydroxylation is 1. The number of hydrogen-bond acceptors (Lipinski definition) is 4. The van der Waals surface area contributed by atoms with Crippen molar-refractivity contribution < 1.29 is 18.3 Å². The molecule has 146 valence electrons. The van der Waals surface area contributed by atoms with E-state index in [-0.39, 0.29) is 22.2 Å². The summed E-state index contributed by atoms with van der Waals surface area (Å²) in [5.41, 5.74) is 2.94. The summed E-state index contributed by atoms with van der Waals surface area (Å²) in [6, 6.07) is 10.4. The Balaban J connectivity index is 1.70. The van der Waals surface area contributed by atoms with Crippen LogP contribution in [0.15, 0.2) is 56.3 Å². The number of aliphatic imine (C=N–C) groups is 1. The molecule has 1 aromatic heterocycles. The van der Waals surface area contributed by atoms with E-state index in [4.69, 9.17) is 16.0 Å². The van der Waals surface area contributed by atoms with E-state index < -0.39 is 11.6 Å². The Bertz CT molecular complexity index is 1290. The van der Waals surface area contributed by atoms with Crippen molar-refractivity contribution in [2.75, 3.05) is 0 Å². The predicted molar refractivity (Wildman–Crippen MR) is 112 cm³/mol. The molecular formula is C21H12BrClF2N2O2. The normalized spacial score (nSPS) is 11.6. The maximum Gasteiger partial charge on any atom is 0.228 e. The summed E-state index contributed by atoms with van der Waals surface area (Å²) in [5.74, 6) is -1.86. The molecule has 0 atom stereocenters. The van der Waals surface area contributed by atoms with Gasteiger partial charge in [0.25, 0.3) is 0 Å². The van der Waals surface area contributed by atoms with Crippen LogP contribution in [0, 0.1) is 18.6 Å². The van der Waals surface area contributed by atoms with Crippen molar-refractivity contribution >= 4 is 50.5 Å². The average Bonchev–Trinajstić information content (AvgIpc) is 3.09. The molecule has 0 saturated heterocycles. The zero-order valence-corrected chi connectivity index (χ0v) is 17.2. The molecule has 0 bridgehead atoms. The van der Waals surface area contributed by atoms with Gasteiger partial charge in [-0.2, -0.15) is 0 Å². The molecular weight excluding hydrogens is 466 g/mol. The molecule has 0 aliphatic carbocycles. The van der Waals surface area contributed by atoms with Crippen molar-refractivity contribution in [1.29, 1.82) is 0 Å². The fourth-order valence-corrected chi connectivity index (χ4v) is 3.62. The number of fused-ring (bicyclic) bond motifs is 1. The van der Waals surface area contributed by atoms with Gasteiger partial charge in [-0.05, 0) is 55.0 Å². The van der Waals surface area contributed by atoms with Crippen LogP contribution in [0.25, 0.3) is 22.6 Å². The summed E-state index contributed by atoms with van der Waals surface area (Å²) in [4.78, 5) is 8.68. The third-order valence-electron chi connectivity index (χ3n) is 4.26. The molecule has 0 radical (unpaired) electrons. The van der Waals surface area contributed by atoms with Crippen LogP contribution in [0.4, 0.5) is 14.5 Å². The number of benzene rings is 3. The minimum absolute atomic E-state index is 0.00537. The molecule has 0 fully saturated rings. The maximum atomic E-state index is 13.6. The molecule has 0 saturated carbocycles. The monoisotopic (exact) mass is 476 g/mol. The van der Waals surface area contributed by atoms with E-state index >= 15 is 0 Å². The topological polar surface area (TPSA) is 58.6 Å². The van der Waals surface area contributed by atoms with Crippen LogP contribution in [0.2, 0.25) is 5.02 Å². The Kier molecular flexibility index (Phi) is 5.10. The van der Waals surface area contributed by atoms with Crippen molar-refractivity contribution in [2.45, 2.75) is 6.92 Å². The summed E-state index contributed by atoms with van der Waals surface area (Å²) in [7, 11) is 0. The van der Waals surface area contributed by atoms with Gasteiger partial charge >= 0.3 is 0 Å². The molecule has 1 heterocycles. The number of halogens is 4. The predicted octanol–water partition coefficient (Wildman–Crippen LogP) is 6.95. The van der Waals surface area contributed by atoms with Crippen molar-refractivity contribution in [3.05, 3.63) is 74.7 Å². The second-order valence-electron chi connectivity index (χ2n) is 6.34. The van der Waals surface area contributed by atoms with E-state index in [1.807, 2.05) is 0 Å². The molecule has 4 rings (SSSR count). The van der Waals surface area contributed by atoms with E-state index in [0.717, 1.165) is 22.2 Å². The zero-order chi connectivity index (χ0) is 20.7. The average molecular weight is 478 g/mol. The van der Waals surface area contributed by atoms with E-state index in [0.29, 0.717) is 22.4 Å². The largest absolute Gasteiger partial charge is 0.507 e. The van der Waals surface area contributed by atoms with Crippen molar-refractivity contribution in [2.24, 2.45) is 4.99 Å². The van der Waals surface area contributed by atoms with Gasteiger partial charge in [-0.3, -0.25) is 4.99 Å². The number of aromatic hydroxyl groups is 1. The van der Waals surface area contributed by atoms with Gasteiger partial charge in [0.1, 0.15) is 11.3 Å². The summed E-state index contributed by atoms with van der Waals surface area (Å²) >= 11 is 9.39. The van der Waals surface area contributed by atoms with Crippen LogP contribution in [-0.2, 0) is 0 Å². The highest BCUT2D eigenvalue weighted by Crippen LogP contribution is 2.33. The molecule has 0 aliphatic rings. The van der Waals surface area contributed by atoms with Crippen LogP contribution in [0.1, 0.15) is 11.1 Å². The number of rotatable bonds is 3. The highest BCUT2D eigenvalue weighted by atomic mass is 79.9. The lowest BCUT2D eigenvalue weighted by Gasteiger charge is -2.03. The van der Waals surface area contributed by atoms with Crippen LogP contribution < -0.4 is 0 Å². The second kappa shape index (κ2) is 7.57. The molecule has 4 nitrogen and oxygen atoms in total. The minimum atomic E-state index is -1.04. The number of phenolic OH excluding ortho intramolecular Hbond substituents is 1. The SMILES string of the molecule is Cc1cc(Br)cc(C=Nc2ccc3oc(-c4cc(F)c(F)cc4Cl)nc3c2)c1O. The minimum Gasteiger partial charge on any atom is -0.507 e. The van der Waals surface area contributed by atoms with E-state index in [1.165, 1.54) is 0 Å². The first-order valence-electron chi connectivity index (χ1n) is 8.40. The molecule has 3 aromatic carbocycles. The Morgan fingerprint density at radius 2 is 1.90 bits per heavy atom. The first kappa shape index (κ1) is 19.5.